The molecular formula is C13H17N5O4S. The number of aromatic amines is 1. The minimum absolute atomic E-state index is 0.0747. The van der Waals surface area contributed by atoms with Crippen LogP contribution in [0.25, 0.3) is 0 Å². The Morgan fingerprint density at radius 2 is 2.26 bits per heavy atom. The number of imidazole rings is 1. The molecule has 0 radical (unpaired) electrons. The number of morpholine rings is 1. The fourth-order valence-electron chi connectivity index (χ4n) is 2.61. The largest absolute Gasteiger partial charge is 0.377 e. The van der Waals surface area contributed by atoms with Crippen LogP contribution in [0.1, 0.15) is 22.4 Å². The Kier molecular flexibility index (Phi) is 3.94. The van der Waals surface area contributed by atoms with Gasteiger partial charge < -0.3 is 14.2 Å². The van der Waals surface area contributed by atoms with Crippen LogP contribution in [-0.4, -0.2) is 65.0 Å². The molecule has 9 nitrogen and oxygen atoms in total. The number of nitrogens with zero attached hydrogens (tertiary/aromatic N) is 4. The van der Waals surface area contributed by atoms with E-state index in [4.69, 9.17) is 4.74 Å². The van der Waals surface area contributed by atoms with Gasteiger partial charge in [0.25, 0.3) is 5.91 Å². The average Bonchev–Trinajstić information content (AvgIpc) is 3.14. The number of nitrogens with one attached hydrogen (secondary N) is 1. The molecule has 1 saturated heterocycles. The number of amides is 1. The third-order valence-corrected chi connectivity index (χ3v) is 4.89. The number of rotatable bonds is 3. The van der Waals surface area contributed by atoms with Crippen LogP contribution in [-0.2, 0) is 21.6 Å². The van der Waals surface area contributed by atoms with Crippen molar-refractivity contribution in [1.29, 1.82) is 0 Å². The SMILES string of the molecule is Cn1ccnc1C(=O)N1CCOC[C@H]1c1[nH]ncc1S(C)(=O)=O. The lowest BCUT2D eigenvalue weighted by Crippen LogP contribution is -2.44. The Morgan fingerprint density at radius 3 is 2.91 bits per heavy atom. The summed E-state index contributed by atoms with van der Waals surface area (Å²) in [5.74, 6) is 0.0113. The van der Waals surface area contributed by atoms with Gasteiger partial charge in [0, 0.05) is 32.2 Å². The molecule has 23 heavy (non-hydrogen) atoms. The molecule has 1 amide bonds. The second-order valence-electron chi connectivity index (χ2n) is 5.37. The van der Waals surface area contributed by atoms with E-state index in [0.717, 1.165) is 6.26 Å². The monoisotopic (exact) mass is 339 g/mol. The van der Waals surface area contributed by atoms with Crippen molar-refractivity contribution in [3.05, 3.63) is 30.1 Å². The fraction of sp³-hybridized carbons (Fsp3) is 0.462. The zero-order chi connectivity index (χ0) is 16.6. The van der Waals surface area contributed by atoms with Gasteiger partial charge in [-0.15, -0.1) is 0 Å². The number of aryl methyl sites for hydroxylation is 1. The first-order chi connectivity index (χ1) is 10.9. The minimum atomic E-state index is -3.46. The first kappa shape index (κ1) is 15.7. The van der Waals surface area contributed by atoms with Gasteiger partial charge in [-0.1, -0.05) is 0 Å². The van der Waals surface area contributed by atoms with E-state index in [1.807, 2.05) is 0 Å². The van der Waals surface area contributed by atoms with Gasteiger partial charge in [0.05, 0.1) is 31.1 Å². The number of ether oxygens (including phenoxy) is 1. The Balaban J connectivity index is 1.99. The molecule has 0 aromatic carbocycles. The molecule has 0 saturated carbocycles. The van der Waals surface area contributed by atoms with Gasteiger partial charge in [0.1, 0.15) is 4.90 Å². The third-order valence-electron chi connectivity index (χ3n) is 3.77. The van der Waals surface area contributed by atoms with E-state index in [0.29, 0.717) is 18.8 Å². The van der Waals surface area contributed by atoms with E-state index >= 15 is 0 Å². The molecule has 124 valence electrons. The van der Waals surface area contributed by atoms with Gasteiger partial charge in [-0.3, -0.25) is 9.89 Å². The number of hydrogen-bond acceptors (Lipinski definition) is 6. The highest BCUT2D eigenvalue weighted by Gasteiger charge is 2.35. The molecule has 0 spiro atoms. The van der Waals surface area contributed by atoms with E-state index in [-0.39, 0.29) is 23.2 Å². The number of aromatic nitrogens is 4. The fourth-order valence-corrected chi connectivity index (χ4v) is 3.43. The molecule has 0 bridgehead atoms. The van der Waals surface area contributed by atoms with Gasteiger partial charge in [0.2, 0.25) is 0 Å². The van der Waals surface area contributed by atoms with Gasteiger partial charge in [0.15, 0.2) is 15.7 Å². The van der Waals surface area contributed by atoms with Crippen LogP contribution in [0.2, 0.25) is 0 Å². The Labute approximate surface area is 133 Å². The van der Waals surface area contributed by atoms with Crippen molar-refractivity contribution in [2.45, 2.75) is 10.9 Å². The first-order valence-electron chi connectivity index (χ1n) is 6.99. The standard InChI is InChI=1S/C13H17N5O4S/c1-17-4-3-14-12(17)13(19)18-5-6-22-8-9(18)11-10(7-15-16-11)23(2,20)21/h3-4,7,9H,5-6,8H2,1-2H3,(H,15,16)/t9-/m0/s1. The molecular weight excluding hydrogens is 322 g/mol. The quantitative estimate of drug-likeness (QED) is 0.826. The minimum Gasteiger partial charge on any atom is -0.377 e. The van der Waals surface area contributed by atoms with Crippen LogP contribution >= 0.6 is 0 Å². The molecule has 1 N–H and O–H groups in total. The lowest BCUT2D eigenvalue weighted by Gasteiger charge is -2.35. The van der Waals surface area contributed by atoms with Gasteiger partial charge >= 0.3 is 0 Å². The molecule has 1 aliphatic rings. The van der Waals surface area contributed by atoms with Crippen LogP contribution in [0, 0.1) is 0 Å². The number of sulfone groups is 1. The number of hydrogen-bond donors (Lipinski definition) is 1. The maximum atomic E-state index is 12.8. The molecule has 0 aliphatic carbocycles. The van der Waals surface area contributed by atoms with E-state index in [1.54, 1.807) is 28.9 Å². The zero-order valence-corrected chi connectivity index (χ0v) is 13.6. The summed E-state index contributed by atoms with van der Waals surface area (Å²) in [6, 6.07) is -0.555. The second-order valence-corrected chi connectivity index (χ2v) is 7.36. The summed E-state index contributed by atoms with van der Waals surface area (Å²) in [7, 11) is -1.73. The zero-order valence-electron chi connectivity index (χ0n) is 12.8. The Bertz CT molecular complexity index is 825. The van der Waals surface area contributed by atoms with E-state index in [9.17, 15) is 13.2 Å². The third kappa shape index (κ3) is 2.86. The normalized spacial score (nSPS) is 19.0. The molecule has 1 fully saturated rings. The molecule has 3 heterocycles. The summed E-state index contributed by atoms with van der Waals surface area (Å²) in [4.78, 5) is 18.5. The van der Waals surface area contributed by atoms with Gasteiger partial charge in [-0.25, -0.2) is 13.4 Å². The Morgan fingerprint density at radius 1 is 1.48 bits per heavy atom. The topological polar surface area (TPSA) is 110 Å². The number of H-pyrrole nitrogens is 1. The van der Waals surface area contributed by atoms with Gasteiger partial charge in [-0.05, 0) is 0 Å². The highest BCUT2D eigenvalue weighted by Crippen LogP contribution is 2.28. The summed E-state index contributed by atoms with van der Waals surface area (Å²) >= 11 is 0. The molecule has 0 unspecified atom stereocenters. The lowest BCUT2D eigenvalue weighted by atomic mass is 10.1. The number of carbonyl (C=O) groups excluding carboxylic acids is 1. The summed E-state index contributed by atoms with van der Waals surface area (Å²) < 4.78 is 30.9. The first-order valence-corrected chi connectivity index (χ1v) is 8.88. The van der Waals surface area contributed by atoms with Crippen LogP contribution in [0.15, 0.2) is 23.5 Å². The summed E-state index contributed by atoms with van der Waals surface area (Å²) in [5, 5.41) is 6.52. The summed E-state index contributed by atoms with van der Waals surface area (Å²) in [6.45, 7) is 0.925. The van der Waals surface area contributed by atoms with Crippen molar-refractivity contribution >= 4 is 15.7 Å². The molecule has 1 aliphatic heterocycles. The summed E-state index contributed by atoms with van der Waals surface area (Å²) in [6.07, 6.45) is 5.58. The maximum absolute atomic E-state index is 12.8. The van der Waals surface area contributed by atoms with Crippen molar-refractivity contribution in [2.75, 3.05) is 26.0 Å². The van der Waals surface area contributed by atoms with Crippen molar-refractivity contribution in [2.24, 2.45) is 7.05 Å². The maximum Gasteiger partial charge on any atom is 0.290 e. The van der Waals surface area contributed by atoms with Crippen LogP contribution in [0.5, 0.6) is 0 Å². The van der Waals surface area contributed by atoms with Crippen molar-refractivity contribution < 1.29 is 17.9 Å². The molecule has 3 rings (SSSR count). The second kappa shape index (κ2) is 5.78. The predicted octanol–water partition coefficient (Wildman–Crippen LogP) is -0.240. The van der Waals surface area contributed by atoms with Crippen molar-refractivity contribution in [1.82, 2.24) is 24.6 Å². The predicted molar refractivity (Wildman–Crippen MR) is 79.5 cm³/mol. The molecule has 1 atom stereocenters. The Hall–Kier alpha value is -2.20. The highest BCUT2D eigenvalue weighted by atomic mass is 32.2. The molecule has 2 aromatic rings. The van der Waals surface area contributed by atoms with Crippen LogP contribution in [0.3, 0.4) is 0 Å². The van der Waals surface area contributed by atoms with Gasteiger partial charge in [-0.2, -0.15) is 5.10 Å². The molecule has 2 aromatic heterocycles. The smallest absolute Gasteiger partial charge is 0.290 e. The van der Waals surface area contributed by atoms with Crippen molar-refractivity contribution in [3.8, 4) is 0 Å². The lowest BCUT2D eigenvalue weighted by molar-refractivity contribution is -0.00549. The van der Waals surface area contributed by atoms with Crippen molar-refractivity contribution in [3.63, 3.8) is 0 Å². The average molecular weight is 339 g/mol. The van der Waals surface area contributed by atoms with E-state index < -0.39 is 15.9 Å². The van der Waals surface area contributed by atoms with E-state index in [2.05, 4.69) is 15.2 Å². The molecule has 10 heteroatoms. The van der Waals surface area contributed by atoms with Crippen LogP contribution in [0.4, 0.5) is 0 Å². The van der Waals surface area contributed by atoms with Crippen LogP contribution < -0.4 is 0 Å². The van der Waals surface area contributed by atoms with E-state index in [1.165, 1.54) is 6.20 Å². The summed E-state index contributed by atoms with van der Waals surface area (Å²) in [5.41, 5.74) is 0.356. The highest BCUT2D eigenvalue weighted by molar-refractivity contribution is 7.90. The number of carbonyl (C=O) groups is 1.